The SMILES string of the molecule is COCCN(c1ccc(C=O)cc1)C(C)COC. The summed E-state index contributed by atoms with van der Waals surface area (Å²) in [7, 11) is 3.38. The summed E-state index contributed by atoms with van der Waals surface area (Å²) >= 11 is 0. The fraction of sp³-hybridized carbons (Fsp3) is 0.500. The van der Waals surface area contributed by atoms with Crippen molar-refractivity contribution in [2.24, 2.45) is 0 Å². The maximum absolute atomic E-state index is 10.6. The Hall–Kier alpha value is -1.39. The Morgan fingerprint density at radius 2 is 1.89 bits per heavy atom. The number of hydrogen-bond acceptors (Lipinski definition) is 4. The van der Waals surface area contributed by atoms with Gasteiger partial charge in [-0.2, -0.15) is 0 Å². The summed E-state index contributed by atoms with van der Waals surface area (Å²) in [5.74, 6) is 0. The van der Waals surface area contributed by atoms with Crippen molar-refractivity contribution in [3.8, 4) is 0 Å². The molecule has 100 valence electrons. The molecule has 0 aliphatic rings. The molecule has 1 rings (SSSR count). The van der Waals surface area contributed by atoms with Crippen LogP contribution in [-0.4, -0.2) is 46.3 Å². The van der Waals surface area contributed by atoms with Crippen LogP contribution in [0.1, 0.15) is 17.3 Å². The maximum Gasteiger partial charge on any atom is 0.150 e. The highest BCUT2D eigenvalue weighted by Gasteiger charge is 2.14. The molecular weight excluding hydrogens is 230 g/mol. The standard InChI is InChI=1S/C14H21NO3/c1-12(11-18-3)15(8-9-17-2)14-6-4-13(10-16)5-7-14/h4-7,10,12H,8-9,11H2,1-3H3. The van der Waals surface area contributed by atoms with Gasteiger partial charge in [0.15, 0.2) is 0 Å². The second-order valence-electron chi connectivity index (χ2n) is 4.20. The molecule has 0 fully saturated rings. The number of nitrogens with zero attached hydrogens (tertiary/aromatic N) is 1. The molecule has 0 heterocycles. The Labute approximate surface area is 108 Å². The van der Waals surface area contributed by atoms with Gasteiger partial charge in [-0.25, -0.2) is 0 Å². The van der Waals surface area contributed by atoms with Gasteiger partial charge in [0, 0.05) is 38.1 Å². The molecule has 4 nitrogen and oxygen atoms in total. The van der Waals surface area contributed by atoms with E-state index in [0.29, 0.717) is 18.8 Å². The Kier molecular flexibility index (Phi) is 6.39. The fourth-order valence-electron chi connectivity index (χ4n) is 1.87. The van der Waals surface area contributed by atoms with E-state index in [1.165, 1.54) is 0 Å². The van der Waals surface area contributed by atoms with Crippen molar-refractivity contribution in [2.75, 3.05) is 38.9 Å². The van der Waals surface area contributed by atoms with Crippen molar-refractivity contribution >= 4 is 12.0 Å². The molecule has 0 spiro atoms. The molecule has 0 N–H and O–H groups in total. The minimum absolute atomic E-state index is 0.257. The van der Waals surface area contributed by atoms with Gasteiger partial charge in [-0.15, -0.1) is 0 Å². The second kappa shape index (κ2) is 7.84. The first kappa shape index (κ1) is 14.7. The number of ether oxygens (including phenoxy) is 2. The number of anilines is 1. The monoisotopic (exact) mass is 251 g/mol. The topological polar surface area (TPSA) is 38.8 Å². The molecular formula is C14H21NO3. The molecule has 4 heteroatoms. The van der Waals surface area contributed by atoms with Gasteiger partial charge in [0.2, 0.25) is 0 Å². The van der Waals surface area contributed by atoms with Gasteiger partial charge < -0.3 is 14.4 Å². The zero-order valence-electron chi connectivity index (χ0n) is 11.3. The van der Waals surface area contributed by atoms with E-state index in [2.05, 4.69) is 11.8 Å². The average molecular weight is 251 g/mol. The Morgan fingerprint density at radius 3 is 2.39 bits per heavy atom. The van der Waals surface area contributed by atoms with Gasteiger partial charge in [-0.3, -0.25) is 4.79 Å². The van der Waals surface area contributed by atoms with Crippen LogP contribution in [0.25, 0.3) is 0 Å². The zero-order chi connectivity index (χ0) is 13.4. The molecule has 1 aromatic rings. The van der Waals surface area contributed by atoms with Crippen LogP contribution in [0, 0.1) is 0 Å². The van der Waals surface area contributed by atoms with Crippen LogP contribution in [0.15, 0.2) is 24.3 Å². The van der Waals surface area contributed by atoms with E-state index >= 15 is 0 Å². The van der Waals surface area contributed by atoms with Gasteiger partial charge >= 0.3 is 0 Å². The first-order valence-corrected chi connectivity index (χ1v) is 6.02. The lowest BCUT2D eigenvalue weighted by Crippen LogP contribution is -2.38. The highest BCUT2D eigenvalue weighted by molar-refractivity contribution is 5.75. The summed E-state index contributed by atoms with van der Waals surface area (Å²) in [6, 6.07) is 7.80. The van der Waals surface area contributed by atoms with E-state index in [-0.39, 0.29) is 6.04 Å². The van der Waals surface area contributed by atoms with Crippen molar-refractivity contribution in [2.45, 2.75) is 13.0 Å². The van der Waals surface area contributed by atoms with Crippen molar-refractivity contribution in [3.63, 3.8) is 0 Å². The predicted octanol–water partition coefficient (Wildman–Crippen LogP) is 1.99. The molecule has 0 aromatic heterocycles. The van der Waals surface area contributed by atoms with Crippen LogP contribution in [0.2, 0.25) is 0 Å². The molecule has 0 aliphatic carbocycles. The summed E-state index contributed by atoms with van der Waals surface area (Å²) in [6.07, 6.45) is 0.849. The van der Waals surface area contributed by atoms with E-state index in [1.807, 2.05) is 24.3 Å². The first-order valence-electron chi connectivity index (χ1n) is 6.02. The number of rotatable bonds is 8. The number of aldehydes is 1. The molecule has 0 aliphatic heterocycles. The Morgan fingerprint density at radius 1 is 1.22 bits per heavy atom. The van der Waals surface area contributed by atoms with E-state index < -0.39 is 0 Å². The van der Waals surface area contributed by atoms with Gasteiger partial charge in [-0.05, 0) is 31.2 Å². The van der Waals surface area contributed by atoms with E-state index in [0.717, 1.165) is 18.5 Å². The Bertz CT molecular complexity index is 351. The molecule has 0 radical (unpaired) electrons. The minimum atomic E-state index is 0.257. The average Bonchev–Trinajstić information content (AvgIpc) is 2.40. The van der Waals surface area contributed by atoms with Crippen LogP contribution < -0.4 is 4.90 Å². The number of methoxy groups -OCH3 is 2. The van der Waals surface area contributed by atoms with Gasteiger partial charge in [0.25, 0.3) is 0 Å². The molecule has 0 amide bonds. The van der Waals surface area contributed by atoms with Crippen LogP contribution in [0.3, 0.4) is 0 Å². The van der Waals surface area contributed by atoms with E-state index in [4.69, 9.17) is 9.47 Å². The quantitative estimate of drug-likeness (QED) is 0.662. The first-order chi connectivity index (χ1) is 8.72. The lowest BCUT2D eigenvalue weighted by Gasteiger charge is -2.30. The number of carbonyl (C=O) groups is 1. The Balaban J connectivity index is 2.82. The van der Waals surface area contributed by atoms with Crippen molar-refractivity contribution in [3.05, 3.63) is 29.8 Å². The van der Waals surface area contributed by atoms with E-state index in [1.54, 1.807) is 14.2 Å². The summed E-state index contributed by atoms with van der Waals surface area (Å²) in [6.45, 7) is 4.21. The third kappa shape index (κ3) is 4.13. The van der Waals surface area contributed by atoms with Gasteiger partial charge in [-0.1, -0.05) is 0 Å². The second-order valence-corrected chi connectivity index (χ2v) is 4.20. The smallest absolute Gasteiger partial charge is 0.150 e. The lowest BCUT2D eigenvalue weighted by molar-refractivity contribution is 0.112. The largest absolute Gasteiger partial charge is 0.383 e. The van der Waals surface area contributed by atoms with Crippen molar-refractivity contribution in [1.29, 1.82) is 0 Å². The normalized spacial score (nSPS) is 12.2. The van der Waals surface area contributed by atoms with Gasteiger partial charge in [0.05, 0.1) is 13.2 Å². The predicted molar refractivity (Wildman–Crippen MR) is 72.4 cm³/mol. The highest BCUT2D eigenvalue weighted by Crippen LogP contribution is 2.17. The molecule has 0 saturated heterocycles. The molecule has 1 aromatic carbocycles. The maximum atomic E-state index is 10.6. The highest BCUT2D eigenvalue weighted by atomic mass is 16.5. The number of carbonyl (C=O) groups excluding carboxylic acids is 1. The van der Waals surface area contributed by atoms with Crippen molar-refractivity contribution < 1.29 is 14.3 Å². The number of benzene rings is 1. The summed E-state index contributed by atoms with van der Waals surface area (Å²) in [4.78, 5) is 12.9. The summed E-state index contributed by atoms with van der Waals surface area (Å²) in [5, 5.41) is 0. The third-order valence-corrected chi connectivity index (χ3v) is 2.84. The third-order valence-electron chi connectivity index (χ3n) is 2.84. The van der Waals surface area contributed by atoms with Crippen LogP contribution in [-0.2, 0) is 9.47 Å². The van der Waals surface area contributed by atoms with Crippen LogP contribution in [0.4, 0.5) is 5.69 Å². The van der Waals surface area contributed by atoms with E-state index in [9.17, 15) is 4.79 Å². The summed E-state index contributed by atoms with van der Waals surface area (Å²) < 4.78 is 10.3. The number of hydrogen-bond donors (Lipinski definition) is 0. The van der Waals surface area contributed by atoms with Crippen LogP contribution in [0.5, 0.6) is 0 Å². The summed E-state index contributed by atoms with van der Waals surface area (Å²) in [5.41, 5.74) is 1.76. The van der Waals surface area contributed by atoms with Crippen molar-refractivity contribution in [1.82, 2.24) is 0 Å². The van der Waals surface area contributed by atoms with Gasteiger partial charge in [0.1, 0.15) is 6.29 Å². The molecule has 1 atom stereocenters. The molecule has 1 unspecified atom stereocenters. The van der Waals surface area contributed by atoms with Crippen LogP contribution >= 0.6 is 0 Å². The molecule has 0 saturated carbocycles. The molecule has 0 bridgehead atoms. The molecule has 18 heavy (non-hydrogen) atoms. The zero-order valence-corrected chi connectivity index (χ0v) is 11.3. The fourth-order valence-corrected chi connectivity index (χ4v) is 1.87. The lowest BCUT2D eigenvalue weighted by atomic mass is 10.2. The minimum Gasteiger partial charge on any atom is -0.383 e.